The molecular weight excluding hydrogens is 330 g/mol. The molecule has 2 heteroatoms. The van der Waals surface area contributed by atoms with Crippen LogP contribution in [0.5, 0.6) is 0 Å². The summed E-state index contributed by atoms with van der Waals surface area (Å²) in [7, 11) is 0. The van der Waals surface area contributed by atoms with Gasteiger partial charge < -0.3 is 5.32 Å². The molecule has 138 valence electrons. The Bertz CT molecular complexity index is 853. The summed E-state index contributed by atoms with van der Waals surface area (Å²) >= 11 is 0. The summed E-state index contributed by atoms with van der Waals surface area (Å²) in [6.45, 7) is 2.20. The third kappa shape index (κ3) is 5.55. The van der Waals surface area contributed by atoms with Crippen molar-refractivity contribution in [3.05, 3.63) is 101 Å². The zero-order chi connectivity index (χ0) is 18.9. The van der Waals surface area contributed by atoms with E-state index in [1.807, 2.05) is 42.5 Å². The highest BCUT2D eigenvalue weighted by molar-refractivity contribution is 6.05. The first-order chi connectivity index (χ1) is 13.3. The highest BCUT2D eigenvalue weighted by Gasteiger charge is 2.11. The first-order valence-corrected chi connectivity index (χ1v) is 9.78. The van der Waals surface area contributed by atoms with E-state index in [9.17, 15) is 4.79 Å². The molecule has 0 saturated carbocycles. The fourth-order valence-electron chi connectivity index (χ4n) is 3.22. The van der Waals surface area contributed by atoms with Crippen molar-refractivity contribution >= 4 is 11.6 Å². The SMILES string of the molecule is CCCCc1ccc(NC(=O)c2ccccc2CCc2ccccc2)cc1. The van der Waals surface area contributed by atoms with Crippen LogP contribution in [0, 0.1) is 0 Å². The second-order valence-corrected chi connectivity index (χ2v) is 6.90. The number of hydrogen-bond acceptors (Lipinski definition) is 1. The van der Waals surface area contributed by atoms with E-state index in [4.69, 9.17) is 0 Å². The third-order valence-electron chi connectivity index (χ3n) is 4.82. The van der Waals surface area contributed by atoms with Crippen LogP contribution >= 0.6 is 0 Å². The molecule has 0 unspecified atom stereocenters. The first kappa shape index (κ1) is 18.9. The van der Waals surface area contributed by atoms with E-state index in [-0.39, 0.29) is 5.91 Å². The molecule has 0 spiro atoms. The van der Waals surface area contributed by atoms with Crippen molar-refractivity contribution in [2.45, 2.75) is 39.0 Å². The van der Waals surface area contributed by atoms with Gasteiger partial charge in [-0.2, -0.15) is 0 Å². The maximum Gasteiger partial charge on any atom is 0.255 e. The van der Waals surface area contributed by atoms with Gasteiger partial charge in [0.25, 0.3) is 5.91 Å². The molecule has 0 radical (unpaired) electrons. The molecule has 0 saturated heterocycles. The Labute approximate surface area is 162 Å². The minimum absolute atomic E-state index is 0.0417. The Balaban J connectivity index is 1.66. The molecular formula is C25H27NO. The fraction of sp³-hybridized carbons (Fsp3) is 0.240. The van der Waals surface area contributed by atoms with Crippen LogP contribution in [0.2, 0.25) is 0 Å². The first-order valence-electron chi connectivity index (χ1n) is 9.78. The number of anilines is 1. The van der Waals surface area contributed by atoms with Crippen LogP contribution < -0.4 is 5.32 Å². The van der Waals surface area contributed by atoms with Gasteiger partial charge >= 0.3 is 0 Å². The van der Waals surface area contributed by atoms with Gasteiger partial charge in [-0.1, -0.05) is 74.0 Å². The normalized spacial score (nSPS) is 10.6. The van der Waals surface area contributed by atoms with E-state index in [0.29, 0.717) is 0 Å². The van der Waals surface area contributed by atoms with Gasteiger partial charge in [0, 0.05) is 11.3 Å². The molecule has 3 aromatic carbocycles. The lowest BCUT2D eigenvalue weighted by molar-refractivity contribution is 0.102. The van der Waals surface area contributed by atoms with Crippen LogP contribution in [0.15, 0.2) is 78.9 Å². The lowest BCUT2D eigenvalue weighted by Gasteiger charge is -2.11. The average Bonchev–Trinajstić information content (AvgIpc) is 2.72. The van der Waals surface area contributed by atoms with Crippen LogP contribution in [0.4, 0.5) is 5.69 Å². The molecule has 0 bridgehead atoms. The van der Waals surface area contributed by atoms with Crippen LogP contribution in [-0.4, -0.2) is 5.91 Å². The third-order valence-corrected chi connectivity index (χ3v) is 4.82. The van der Waals surface area contributed by atoms with Crippen molar-refractivity contribution in [2.75, 3.05) is 5.32 Å². The van der Waals surface area contributed by atoms with Crippen LogP contribution in [-0.2, 0) is 19.3 Å². The Morgan fingerprint density at radius 1 is 0.741 bits per heavy atom. The molecule has 2 nitrogen and oxygen atoms in total. The van der Waals surface area contributed by atoms with Gasteiger partial charge in [-0.15, -0.1) is 0 Å². The van der Waals surface area contributed by atoms with E-state index in [1.165, 1.54) is 24.0 Å². The number of nitrogens with one attached hydrogen (secondary N) is 1. The van der Waals surface area contributed by atoms with Crippen molar-refractivity contribution in [1.82, 2.24) is 0 Å². The molecule has 0 aliphatic carbocycles. The second-order valence-electron chi connectivity index (χ2n) is 6.90. The van der Waals surface area contributed by atoms with Crippen LogP contribution in [0.3, 0.4) is 0 Å². The maximum atomic E-state index is 12.8. The highest BCUT2D eigenvalue weighted by atomic mass is 16.1. The van der Waals surface area contributed by atoms with Crippen molar-refractivity contribution < 1.29 is 4.79 Å². The van der Waals surface area contributed by atoms with Crippen molar-refractivity contribution in [3.8, 4) is 0 Å². The summed E-state index contributed by atoms with van der Waals surface area (Å²) in [5.41, 5.74) is 5.29. The van der Waals surface area contributed by atoms with Gasteiger partial charge in [0.05, 0.1) is 0 Å². The minimum atomic E-state index is -0.0417. The Morgan fingerprint density at radius 3 is 2.15 bits per heavy atom. The van der Waals surface area contributed by atoms with Gasteiger partial charge in [-0.25, -0.2) is 0 Å². The molecule has 0 aromatic heterocycles. The Kier molecular flexibility index (Phi) is 6.81. The lowest BCUT2D eigenvalue weighted by Crippen LogP contribution is -2.14. The smallest absolute Gasteiger partial charge is 0.255 e. The summed E-state index contributed by atoms with van der Waals surface area (Å²) in [6.07, 6.45) is 5.26. The van der Waals surface area contributed by atoms with Gasteiger partial charge in [-0.05, 0) is 60.6 Å². The monoisotopic (exact) mass is 357 g/mol. The molecule has 27 heavy (non-hydrogen) atoms. The number of aryl methyl sites for hydroxylation is 3. The molecule has 0 atom stereocenters. The molecule has 3 aromatic rings. The average molecular weight is 357 g/mol. The van der Waals surface area contributed by atoms with Crippen molar-refractivity contribution in [2.24, 2.45) is 0 Å². The summed E-state index contributed by atoms with van der Waals surface area (Å²) in [4.78, 5) is 12.8. The predicted octanol–water partition coefficient (Wildman–Crippen LogP) is 6.07. The second kappa shape index (κ2) is 9.72. The molecule has 3 rings (SSSR count). The van der Waals surface area contributed by atoms with E-state index >= 15 is 0 Å². The number of amides is 1. The molecule has 1 amide bonds. The quantitative estimate of drug-likeness (QED) is 0.521. The summed E-state index contributed by atoms with van der Waals surface area (Å²) in [5, 5.41) is 3.04. The number of hydrogen-bond donors (Lipinski definition) is 1. The Morgan fingerprint density at radius 2 is 1.41 bits per heavy atom. The summed E-state index contributed by atoms with van der Waals surface area (Å²) < 4.78 is 0. The van der Waals surface area contributed by atoms with Crippen molar-refractivity contribution in [3.63, 3.8) is 0 Å². The van der Waals surface area contributed by atoms with Gasteiger partial charge in [0.2, 0.25) is 0 Å². The van der Waals surface area contributed by atoms with Gasteiger partial charge in [-0.3, -0.25) is 4.79 Å². The summed E-state index contributed by atoms with van der Waals surface area (Å²) in [5.74, 6) is -0.0417. The number of carbonyl (C=O) groups excluding carboxylic acids is 1. The molecule has 0 heterocycles. The predicted molar refractivity (Wildman–Crippen MR) is 113 cm³/mol. The van der Waals surface area contributed by atoms with E-state index in [2.05, 4.69) is 48.6 Å². The molecule has 0 aliphatic heterocycles. The van der Waals surface area contributed by atoms with E-state index in [1.54, 1.807) is 0 Å². The van der Waals surface area contributed by atoms with Crippen LogP contribution in [0.1, 0.15) is 46.8 Å². The van der Waals surface area contributed by atoms with Crippen LogP contribution in [0.25, 0.3) is 0 Å². The molecule has 0 aliphatic rings. The molecule has 0 fully saturated rings. The zero-order valence-electron chi connectivity index (χ0n) is 15.9. The maximum absolute atomic E-state index is 12.8. The lowest BCUT2D eigenvalue weighted by atomic mass is 9.99. The number of rotatable bonds is 8. The topological polar surface area (TPSA) is 29.1 Å². The number of unbranched alkanes of at least 4 members (excludes halogenated alkanes) is 1. The number of benzene rings is 3. The van der Waals surface area contributed by atoms with Gasteiger partial charge in [0.1, 0.15) is 0 Å². The summed E-state index contributed by atoms with van der Waals surface area (Å²) in [6, 6.07) is 26.5. The molecule has 1 N–H and O–H groups in total. The largest absolute Gasteiger partial charge is 0.322 e. The van der Waals surface area contributed by atoms with E-state index < -0.39 is 0 Å². The number of carbonyl (C=O) groups is 1. The minimum Gasteiger partial charge on any atom is -0.322 e. The fourth-order valence-corrected chi connectivity index (χ4v) is 3.22. The van der Waals surface area contributed by atoms with Crippen molar-refractivity contribution in [1.29, 1.82) is 0 Å². The highest BCUT2D eigenvalue weighted by Crippen LogP contribution is 2.17. The Hall–Kier alpha value is -2.87. The standard InChI is InChI=1S/C25H27NO/c1-2-3-9-21-15-18-23(19-16-21)26-25(27)24-13-8-7-12-22(24)17-14-20-10-5-4-6-11-20/h4-8,10-13,15-16,18-19H,2-3,9,14,17H2,1H3,(H,26,27). The van der Waals surface area contributed by atoms with Gasteiger partial charge in [0.15, 0.2) is 0 Å². The zero-order valence-corrected chi connectivity index (χ0v) is 15.9. The van der Waals surface area contributed by atoms with E-state index in [0.717, 1.165) is 36.1 Å².